The van der Waals surface area contributed by atoms with Crippen LogP contribution in [0.25, 0.3) is 0 Å². The number of aromatic nitrogens is 2. The number of nitrogens with zero attached hydrogens (tertiary/aromatic N) is 3. The fraction of sp³-hybridized carbons (Fsp3) is 0.190. The van der Waals surface area contributed by atoms with Crippen molar-refractivity contribution in [3.63, 3.8) is 0 Å². The van der Waals surface area contributed by atoms with Gasteiger partial charge in [-0.25, -0.2) is 8.10 Å². The third-order valence-electron chi connectivity index (χ3n) is 4.12. The lowest BCUT2D eigenvalue weighted by molar-refractivity contribution is 0.101. The van der Waals surface area contributed by atoms with E-state index in [0.717, 1.165) is 5.69 Å². The van der Waals surface area contributed by atoms with Crippen LogP contribution in [0, 0.1) is 6.92 Å². The number of rotatable bonds is 5. The van der Waals surface area contributed by atoms with Gasteiger partial charge in [0.15, 0.2) is 5.75 Å². The molecule has 0 saturated carbocycles. The van der Waals surface area contributed by atoms with Crippen molar-refractivity contribution in [3.05, 3.63) is 77.7 Å². The lowest BCUT2D eigenvalue weighted by Crippen LogP contribution is -2.20. The Hall–Kier alpha value is -2.48. The summed E-state index contributed by atoms with van der Waals surface area (Å²) in [6.45, 7) is 6.13. The van der Waals surface area contributed by atoms with Crippen molar-refractivity contribution >= 4 is 34.5 Å². The fourth-order valence-electron chi connectivity index (χ4n) is 2.48. The Morgan fingerprint density at radius 2 is 1.81 bits per heavy atom. The maximum atomic E-state index is 12.7. The molecule has 6 heteroatoms. The second kappa shape index (κ2) is 8.47. The van der Waals surface area contributed by atoms with Gasteiger partial charge in [0.05, 0.1) is 40.4 Å². The van der Waals surface area contributed by atoms with E-state index in [-0.39, 0.29) is 5.91 Å². The Kier molecular flexibility index (Phi) is 6.05. The van der Waals surface area contributed by atoms with Crippen LogP contribution in [0.2, 0.25) is 0 Å². The van der Waals surface area contributed by atoms with E-state index >= 15 is 0 Å². The van der Waals surface area contributed by atoms with Gasteiger partial charge in [0.1, 0.15) is 0 Å². The number of carbonyl (C=O) groups is 1. The topological polar surface area (TPSA) is 55.3 Å². The van der Waals surface area contributed by atoms with Crippen LogP contribution in [0.4, 0.5) is 5.69 Å². The second-order valence-electron chi connectivity index (χ2n) is 6.41. The number of halogens is 1. The van der Waals surface area contributed by atoms with E-state index in [0.29, 0.717) is 28.8 Å². The minimum Gasteiger partial charge on any atom is -0.437 e. The van der Waals surface area contributed by atoms with E-state index in [2.05, 4.69) is 23.8 Å². The van der Waals surface area contributed by atoms with Crippen molar-refractivity contribution in [2.75, 3.05) is 3.11 Å². The van der Waals surface area contributed by atoms with Gasteiger partial charge < -0.3 is 4.74 Å². The number of hydrogen-bond donors (Lipinski definition) is 0. The summed E-state index contributed by atoms with van der Waals surface area (Å²) >= 11 is 1.99. The molecule has 0 aliphatic rings. The minimum absolute atomic E-state index is 0.0931. The first-order valence-corrected chi connectivity index (χ1v) is 9.58. The molecule has 1 aromatic carbocycles. The van der Waals surface area contributed by atoms with E-state index in [4.69, 9.17) is 4.74 Å². The number of aryl methyl sites for hydroxylation is 1. The van der Waals surface area contributed by atoms with E-state index in [1.54, 1.807) is 27.6 Å². The molecule has 27 heavy (non-hydrogen) atoms. The van der Waals surface area contributed by atoms with Gasteiger partial charge in [-0.3, -0.25) is 9.78 Å². The fourth-order valence-corrected chi connectivity index (χ4v) is 3.04. The number of amides is 1. The second-order valence-corrected chi connectivity index (χ2v) is 7.37. The molecule has 0 aliphatic carbocycles. The standard InChI is InChI=1S/C21H20IN3O2/c1-14(2)16-6-8-17(9-7-16)21(26)25(22)18-10-11-20(24-13-18)27-19-5-4-12-23-15(19)3/h4-14H,1-3H3. The zero-order chi connectivity index (χ0) is 19.4. The molecule has 5 nitrogen and oxygen atoms in total. The van der Waals surface area contributed by atoms with Crippen molar-refractivity contribution < 1.29 is 9.53 Å². The van der Waals surface area contributed by atoms with Crippen LogP contribution >= 0.6 is 22.9 Å². The summed E-state index contributed by atoms with van der Waals surface area (Å²) < 4.78 is 7.29. The average molecular weight is 473 g/mol. The van der Waals surface area contributed by atoms with E-state index in [9.17, 15) is 4.79 Å². The predicted octanol–water partition coefficient (Wildman–Crippen LogP) is 5.70. The minimum atomic E-state index is -0.0931. The van der Waals surface area contributed by atoms with Gasteiger partial charge in [0.25, 0.3) is 5.91 Å². The zero-order valence-electron chi connectivity index (χ0n) is 15.4. The SMILES string of the molecule is Cc1ncccc1Oc1ccc(N(I)C(=O)c2ccc(C(C)C)cc2)cn1. The Balaban J connectivity index is 1.72. The molecule has 138 valence electrons. The van der Waals surface area contributed by atoms with Crippen molar-refractivity contribution in [2.45, 2.75) is 26.7 Å². The molecule has 3 aromatic rings. The quantitative estimate of drug-likeness (QED) is 0.353. The Morgan fingerprint density at radius 3 is 2.41 bits per heavy atom. The molecule has 0 radical (unpaired) electrons. The zero-order valence-corrected chi connectivity index (χ0v) is 17.5. The third kappa shape index (κ3) is 4.63. The monoisotopic (exact) mass is 473 g/mol. The highest BCUT2D eigenvalue weighted by Crippen LogP contribution is 2.26. The summed E-state index contributed by atoms with van der Waals surface area (Å²) in [6, 6.07) is 14.9. The summed E-state index contributed by atoms with van der Waals surface area (Å²) in [5.74, 6) is 1.45. The Labute approximate surface area is 172 Å². The van der Waals surface area contributed by atoms with Crippen molar-refractivity contribution in [1.29, 1.82) is 0 Å². The third-order valence-corrected chi connectivity index (χ3v) is 5.12. The van der Waals surface area contributed by atoms with Crippen LogP contribution in [0.15, 0.2) is 60.9 Å². The van der Waals surface area contributed by atoms with Gasteiger partial charge in [-0.2, -0.15) is 0 Å². The maximum absolute atomic E-state index is 12.7. The first-order chi connectivity index (χ1) is 13.0. The van der Waals surface area contributed by atoms with Gasteiger partial charge in [-0.1, -0.05) is 26.0 Å². The van der Waals surface area contributed by atoms with Gasteiger partial charge in [0.2, 0.25) is 5.88 Å². The smallest absolute Gasteiger partial charge is 0.267 e. The summed E-state index contributed by atoms with van der Waals surface area (Å²) in [5.41, 5.74) is 3.32. The van der Waals surface area contributed by atoms with Crippen molar-refractivity contribution in [1.82, 2.24) is 9.97 Å². The highest BCUT2D eigenvalue weighted by Gasteiger charge is 2.16. The lowest BCUT2D eigenvalue weighted by Gasteiger charge is -2.15. The first kappa shape index (κ1) is 19.3. The van der Waals surface area contributed by atoms with Gasteiger partial charge in [-0.05, 0) is 48.7 Å². The normalized spacial score (nSPS) is 10.7. The highest BCUT2D eigenvalue weighted by atomic mass is 127. The number of benzene rings is 1. The number of anilines is 1. The molecule has 0 N–H and O–H groups in total. The molecule has 3 rings (SSSR count). The molecule has 0 saturated heterocycles. The highest BCUT2D eigenvalue weighted by molar-refractivity contribution is 14.1. The summed E-state index contributed by atoms with van der Waals surface area (Å²) in [7, 11) is 0. The van der Waals surface area contributed by atoms with Crippen LogP contribution in [-0.4, -0.2) is 15.9 Å². The first-order valence-electron chi connectivity index (χ1n) is 8.61. The molecular weight excluding hydrogens is 453 g/mol. The van der Waals surface area contributed by atoms with E-state index in [1.807, 2.05) is 66.2 Å². The summed E-state index contributed by atoms with van der Waals surface area (Å²) in [5, 5.41) is 0. The largest absolute Gasteiger partial charge is 0.437 e. The van der Waals surface area contributed by atoms with Gasteiger partial charge >= 0.3 is 0 Å². The van der Waals surface area contributed by atoms with Crippen LogP contribution in [0.3, 0.4) is 0 Å². The van der Waals surface area contributed by atoms with Crippen LogP contribution in [0.5, 0.6) is 11.6 Å². The molecule has 0 spiro atoms. The van der Waals surface area contributed by atoms with E-state index in [1.165, 1.54) is 5.56 Å². The average Bonchev–Trinajstić information content (AvgIpc) is 2.69. The summed E-state index contributed by atoms with van der Waals surface area (Å²) in [6.07, 6.45) is 3.33. The van der Waals surface area contributed by atoms with Gasteiger partial charge in [0, 0.05) is 17.8 Å². The Bertz CT molecular complexity index is 925. The van der Waals surface area contributed by atoms with Gasteiger partial charge in [-0.15, -0.1) is 0 Å². The van der Waals surface area contributed by atoms with Crippen molar-refractivity contribution in [2.24, 2.45) is 0 Å². The molecule has 2 heterocycles. The Morgan fingerprint density at radius 1 is 1.07 bits per heavy atom. The maximum Gasteiger partial charge on any atom is 0.267 e. The molecular formula is C21H20IN3O2. The summed E-state index contributed by atoms with van der Waals surface area (Å²) in [4.78, 5) is 21.2. The molecule has 0 bridgehead atoms. The molecule has 1 amide bonds. The van der Waals surface area contributed by atoms with E-state index < -0.39 is 0 Å². The van der Waals surface area contributed by atoms with Crippen LogP contribution < -0.4 is 7.85 Å². The number of pyridine rings is 2. The predicted molar refractivity (Wildman–Crippen MR) is 115 cm³/mol. The molecule has 0 unspecified atom stereocenters. The molecule has 0 aliphatic heterocycles. The number of hydrogen-bond acceptors (Lipinski definition) is 4. The number of ether oxygens (including phenoxy) is 1. The molecule has 2 aromatic heterocycles. The van der Waals surface area contributed by atoms with Crippen LogP contribution in [0.1, 0.15) is 41.4 Å². The molecule has 0 fully saturated rings. The lowest BCUT2D eigenvalue weighted by atomic mass is 10.0. The van der Waals surface area contributed by atoms with Crippen molar-refractivity contribution in [3.8, 4) is 11.6 Å². The number of carbonyl (C=O) groups excluding carboxylic acids is 1. The van der Waals surface area contributed by atoms with Crippen LogP contribution in [-0.2, 0) is 0 Å². The molecule has 0 atom stereocenters.